The molecule has 162 valence electrons. The number of phenols is 1. The second-order valence-electron chi connectivity index (χ2n) is 7.67. The van der Waals surface area contributed by atoms with Crippen molar-refractivity contribution in [2.24, 2.45) is 0 Å². The summed E-state index contributed by atoms with van der Waals surface area (Å²) in [6.45, 7) is 0. The summed E-state index contributed by atoms with van der Waals surface area (Å²) in [4.78, 5) is 33.3. The van der Waals surface area contributed by atoms with Crippen LogP contribution in [0, 0.1) is 0 Å². The molecule has 0 aliphatic carbocycles. The summed E-state index contributed by atoms with van der Waals surface area (Å²) in [5, 5.41) is 10.9. The van der Waals surface area contributed by atoms with Crippen molar-refractivity contribution in [1.82, 2.24) is 4.98 Å². The minimum absolute atomic E-state index is 0.0103. The highest BCUT2D eigenvalue weighted by Gasteiger charge is 2.45. The van der Waals surface area contributed by atoms with Crippen molar-refractivity contribution in [3.8, 4) is 11.5 Å². The van der Waals surface area contributed by atoms with Gasteiger partial charge in [0, 0.05) is 0 Å². The molecule has 1 atom stereocenters. The van der Waals surface area contributed by atoms with Crippen LogP contribution in [-0.4, -0.2) is 23.1 Å². The first-order chi connectivity index (χ1) is 16.0. The van der Waals surface area contributed by atoms with Gasteiger partial charge in [-0.05, 0) is 48.0 Å². The molecule has 7 nitrogen and oxygen atoms in total. The summed E-state index contributed by atoms with van der Waals surface area (Å²) in [5.74, 6) is 0.255. The lowest BCUT2D eigenvalue weighted by Crippen LogP contribution is -2.29. The van der Waals surface area contributed by atoms with E-state index >= 15 is 0 Å². The first-order valence-electron chi connectivity index (χ1n) is 10.2. The molecule has 3 heterocycles. The van der Waals surface area contributed by atoms with Crippen molar-refractivity contribution in [2.75, 3.05) is 12.0 Å². The molecule has 0 unspecified atom stereocenters. The normalized spacial score (nSPS) is 15.4. The third-order valence-corrected chi connectivity index (χ3v) is 6.77. The Labute approximate surface area is 191 Å². The SMILES string of the molecule is COc1ccc2nc(N3C(=O)c4oc5ccccc5c(=O)c4[C@H]3c3cccc(O)c3)sc2c1. The Morgan fingerprint density at radius 3 is 2.73 bits per heavy atom. The summed E-state index contributed by atoms with van der Waals surface area (Å²) < 4.78 is 12.1. The number of fused-ring (bicyclic) bond motifs is 3. The number of ether oxygens (including phenoxy) is 1. The van der Waals surface area contributed by atoms with E-state index in [9.17, 15) is 14.7 Å². The Morgan fingerprint density at radius 2 is 1.91 bits per heavy atom. The Morgan fingerprint density at radius 1 is 1.06 bits per heavy atom. The average molecular weight is 456 g/mol. The number of phenolic OH excluding ortho intramolecular Hbond substituents is 1. The zero-order chi connectivity index (χ0) is 22.7. The fourth-order valence-electron chi connectivity index (χ4n) is 4.25. The third-order valence-electron chi connectivity index (χ3n) is 5.75. The fourth-order valence-corrected chi connectivity index (χ4v) is 5.27. The van der Waals surface area contributed by atoms with E-state index in [4.69, 9.17) is 9.15 Å². The summed E-state index contributed by atoms with van der Waals surface area (Å²) in [6, 6.07) is 18.1. The van der Waals surface area contributed by atoms with Crippen molar-refractivity contribution >= 4 is 43.6 Å². The van der Waals surface area contributed by atoms with Gasteiger partial charge in [0.25, 0.3) is 5.91 Å². The highest BCUT2D eigenvalue weighted by molar-refractivity contribution is 7.22. The number of thiazole rings is 1. The molecule has 0 radical (unpaired) electrons. The molecule has 1 aliphatic rings. The van der Waals surface area contributed by atoms with Gasteiger partial charge < -0.3 is 14.3 Å². The van der Waals surface area contributed by atoms with Gasteiger partial charge in [-0.3, -0.25) is 14.5 Å². The molecule has 1 aliphatic heterocycles. The van der Waals surface area contributed by atoms with Crippen LogP contribution >= 0.6 is 11.3 Å². The van der Waals surface area contributed by atoms with Crippen LogP contribution in [0.5, 0.6) is 11.5 Å². The lowest BCUT2D eigenvalue weighted by atomic mass is 9.98. The molecule has 0 fully saturated rings. The maximum Gasteiger partial charge on any atom is 0.297 e. The molecule has 8 heteroatoms. The summed E-state index contributed by atoms with van der Waals surface area (Å²) in [5.41, 5.74) is 1.60. The number of aromatic hydroxyl groups is 1. The van der Waals surface area contributed by atoms with E-state index < -0.39 is 11.9 Å². The number of hydrogen-bond donors (Lipinski definition) is 1. The second-order valence-corrected chi connectivity index (χ2v) is 8.68. The number of carbonyl (C=O) groups excluding carboxylic acids is 1. The monoisotopic (exact) mass is 456 g/mol. The Balaban J connectivity index is 1.63. The summed E-state index contributed by atoms with van der Waals surface area (Å²) in [6.07, 6.45) is 0. The Bertz CT molecular complexity index is 1640. The van der Waals surface area contributed by atoms with Crippen molar-refractivity contribution < 1.29 is 19.1 Å². The third kappa shape index (κ3) is 2.91. The molecule has 0 bridgehead atoms. The van der Waals surface area contributed by atoms with Gasteiger partial charge in [-0.25, -0.2) is 4.98 Å². The molecule has 0 spiro atoms. The number of hydrogen-bond acceptors (Lipinski definition) is 7. The van der Waals surface area contributed by atoms with Crippen LogP contribution in [0.3, 0.4) is 0 Å². The van der Waals surface area contributed by atoms with Crippen LogP contribution < -0.4 is 15.1 Å². The fraction of sp³-hybridized carbons (Fsp3) is 0.0800. The van der Waals surface area contributed by atoms with Crippen molar-refractivity contribution in [3.05, 3.63) is 93.8 Å². The number of nitrogens with zero attached hydrogens (tertiary/aromatic N) is 2. The van der Waals surface area contributed by atoms with E-state index in [-0.39, 0.29) is 22.5 Å². The number of anilines is 1. The van der Waals surface area contributed by atoms with Gasteiger partial charge in [-0.15, -0.1) is 0 Å². The quantitative estimate of drug-likeness (QED) is 0.417. The maximum atomic E-state index is 13.6. The van der Waals surface area contributed by atoms with Crippen LogP contribution in [0.1, 0.15) is 27.7 Å². The van der Waals surface area contributed by atoms with Gasteiger partial charge in [0.05, 0.1) is 34.3 Å². The van der Waals surface area contributed by atoms with Gasteiger partial charge in [0.1, 0.15) is 17.1 Å². The van der Waals surface area contributed by atoms with E-state index in [1.54, 1.807) is 61.7 Å². The van der Waals surface area contributed by atoms with Crippen LogP contribution in [-0.2, 0) is 0 Å². The van der Waals surface area contributed by atoms with E-state index in [1.807, 2.05) is 12.1 Å². The number of amides is 1. The lowest BCUT2D eigenvalue weighted by molar-refractivity contribution is 0.0971. The average Bonchev–Trinajstić information content (AvgIpc) is 3.37. The number of benzene rings is 3. The van der Waals surface area contributed by atoms with Crippen molar-refractivity contribution in [1.29, 1.82) is 0 Å². The first-order valence-corrected chi connectivity index (χ1v) is 11.0. The zero-order valence-electron chi connectivity index (χ0n) is 17.3. The van der Waals surface area contributed by atoms with Crippen LogP contribution in [0.2, 0.25) is 0 Å². The number of methoxy groups -OCH3 is 1. The molecule has 5 aromatic rings. The number of para-hydroxylation sites is 1. The van der Waals surface area contributed by atoms with Crippen LogP contribution in [0.15, 0.2) is 75.9 Å². The first kappa shape index (κ1) is 19.5. The standard InChI is InChI=1S/C25H16N2O5S/c1-31-15-9-10-17-19(12-15)33-25(26-17)27-21(13-5-4-6-14(28)11-13)20-22(29)16-7-2-3-8-18(16)32-23(20)24(27)30/h2-12,21,28H,1H3/t21-/m1/s1. The predicted molar refractivity (Wildman–Crippen MR) is 125 cm³/mol. The highest BCUT2D eigenvalue weighted by atomic mass is 32.1. The Hall–Kier alpha value is -4.17. The van der Waals surface area contributed by atoms with Gasteiger partial charge in [0.15, 0.2) is 10.6 Å². The number of rotatable bonds is 3. The van der Waals surface area contributed by atoms with Gasteiger partial charge in [-0.2, -0.15) is 0 Å². The molecular formula is C25H16N2O5S. The van der Waals surface area contributed by atoms with E-state index in [0.717, 1.165) is 4.70 Å². The highest BCUT2D eigenvalue weighted by Crippen LogP contribution is 2.44. The van der Waals surface area contributed by atoms with Crippen LogP contribution in [0.4, 0.5) is 5.13 Å². The molecule has 3 aromatic carbocycles. The van der Waals surface area contributed by atoms with Crippen molar-refractivity contribution in [2.45, 2.75) is 6.04 Å². The molecular weight excluding hydrogens is 440 g/mol. The molecule has 2 aromatic heterocycles. The minimum atomic E-state index is -0.789. The van der Waals surface area contributed by atoms with Gasteiger partial charge >= 0.3 is 0 Å². The maximum absolute atomic E-state index is 13.6. The molecule has 33 heavy (non-hydrogen) atoms. The predicted octanol–water partition coefficient (Wildman–Crippen LogP) is 4.87. The largest absolute Gasteiger partial charge is 0.508 e. The smallest absolute Gasteiger partial charge is 0.297 e. The topological polar surface area (TPSA) is 92.9 Å². The molecule has 0 saturated heterocycles. The Kier molecular flexibility index (Phi) is 4.24. The molecule has 6 rings (SSSR count). The van der Waals surface area contributed by atoms with Gasteiger partial charge in [0.2, 0.25) is 5.76 Å². The number of carbonyl (C=O) groups is 1. The van der Waals surface area contributed by atoms with E-state index in [0.29, 0.717) is 32.9 Å². The van der Waals surface area contributed by atoms with Crippen LogP contribution in [0.25, 0.3) is 21.2 Å². The summed E-state index contributed by atoms with van der Waals surface area (Å²) >= 11 is 1.32. The lowest BCUT2D eigenvalue weighted by Gasteiger charge is -2.22. The molecule has 1 amide bonds. The second kappa shape index (κ2) is 7.18. The van der Waals surface area contributed by atoms with Gasteiger partial charge in [-0.1, -0.05) is 35.6 Å². The molecule has 1 N–H and O–H groups in total. The molecule has 0 saturated carbocycles. The summed E-state index contributed by atoms with van der Waals surface area (Å²) in [7, 11) is 1.59. The minimum Gasteiger partial charge on any atom is -0.508 e. The van der Waals surface area contributed by atoms with E-state index in [1.165, 1.54) is 16.2 Å². The zero-order valence-corrected chi connectivity index (χ0v) is 18.1. The number of aromatic nitrogens is 1. The van der Waals surface area contributed by atoms with Crippen molar-refractivity contribution in [3.63, 3.8) is 0 Å². The van der Waals surface area contributed by atoms with E-state index in [2.05, 4.69) is 4.98 Å².